The second-order valence-electron chi connectivity index (χ2n) is 3.80. The molecule has 0 unspecified atom stereocenters. The van der Waals surface area contributed by atoms with E-state index in [4.69, 9.17) is 9.16 Å². The quantitative estimate of drug-likeness (QED) is 0.270. The summed E-state index contributed by atoms with van der Waals surface area (Å²) in [7, 11) is -1.54. The molecule has 0 N–H and O–H groups in total. The van der Waals surface area contributed by atoms with Crippen LogP contribution in [-0.2, 0) is 14.0 Å². The fraction of sp³-hybridized carbons (Fsp3) is 0.750. The molecule has 0 radical (unpaired) electrons. The van der Waals surface area contributed by atoms with Crippen molar-refractivity contribution < 1.29 is 14.0 Å². The van der Waals surface area contributed by atoms with E-state index in [0.29, 0.717) is 6.61 Å². The van der Waals surface area contributed by atoms with Crippen LogP contribution in [0.4, 0.5) is 0 Å². The van der Waals surface area contributed by atoms with Gasteiger partial charge in [-0.1, -0.05) is 20.4 Å². The molecule has 0 heterocycles. The Balaban J connectivity index is 3.92. The zero-order valence-corrected chi connectivity index (χ0v) is 11.8. The van der Waals surface area contributed by atoms with Gasteiger partial charge in [-0.3, -0.25) is 0 Å². The van der Waals surface area contributed by atoms with E-state index in [-0.39, 0.29) is 5.97 Å². The lowest BCUT2D eigenvalue weighted by atomic mass is 10.5. The molecule has 0 rings (SSSR count). The van der Waals surface area contributed by atoms with Crippen LogP contribution in [0.1, 0.15) is 27.2 Å². The first-order valence-electron chi connectivity index (χ1n) is 6.07. The van der Waals surface area contributed by atoms with Gasteiger partial charge >= 0.3 is 5.97 Å². The van der Waals surface area contributed by atoms with Crippen molar-refractivity contribution in [2.24, 2.45) is 0 Å². The monoisotopic (exact) mass is 244 g/mol. The molecule has 0 amide bonds. The molecule has 0 aliphatic rings. The van der Waals surface area contributed by atoms with Gasteiger partial charge in [0.15, 0.2) is 8.32 Å². The molecule has 0 spiro atoms. The minimum Gasteiger partial charge on any atom is -0.463 e. The summed E-state index contributed by atoms with van der Waals surface area (Å²) in [6, 6.07) is 3.33. The Morgan fingerprint density at radius 2 is 1.94 bits per heavy atom. The third kappa shape index (κ3) is 5.46. The predicted octanol–water partition coefficient (Wildman–Crippen LogP) is 3.13. The SMILES string of the molecule is C=CC(=O)OCCC[Si](CC)(CC)OCC. The largest absolute Gasteiger partial charge is 0.463 e. The number of hydrogen-bond acceptors (Lipinski definition) is 3. The molecule has 0 fully saturated rings. The Labute approximate surface area is 100.0 Å². The topological polar surface area (TPSA) is 35.5 Å². The molecule has 0 saturated carbocycles. The van der Waals surface area contributed by atoms with Crippen LogP contribution < -0.4 is 0 Å². The van der Waals surface area contributed by atoms with Crippen molar-refractivity contribution in [3.8, 4) is 0 Å². The first kappa shape index (κ1) is 15.4. The maximum Gasteiger partial charge on any atom is 0.330 e. The van der Waals surface area contributed by atoms with Crippen LogP contribution >= 0.6 is 0 Å². The van der Waals surface area contributed by atoms with E-state index in [9.17, 15) is 4.79 Å². The fourth-order valence-electron chi connectivity index (χ4n) is 1.81. The lowest BCUT2D eigenvalue weighted by Gasteiger charge is -2.28. The van der Waals surface area contributed by atoms with Crippen LogP contribution in [-0.4, -0.2) is 27.5 Å². The van der Waals surface area contributed by atoms with Gasteiger partial charge in [-0.15, -0.1) is 0 Å². The lowest BCUT2D eigenvalue weighted by Crippen LogP contribution is -2.36. The highest BCUT2D eigenvalue weighted by Gasteiger charge is 2.29. The van der Waals surface area contributed by atoms with Crippen LogP contribution in [0, 0.1) is 0 Å². The molecular formula is C12H24O3Si. The lowest BCUT2D eigenvalue weighted by molar-refractivity contribution is -0.137. The molecule has 0 bridgehead atoms. The summed E-state index contributed by atoms with van der Waals surface area (Å²) in [6.45, 7) is 11.1. The van der Waals surface area contributed by atoms with Gasteiger partial charge in [-0.2, -0.15) is 0 Å². The molecule has 0 aromatic carbocycles. The Hall–Kier alpha value is -0.613. The number of carbonyl (C=O) groups excluding carboxylic acids is 1. The molecule has 0 saturated heterocycles. The van der Waals surface area contributed by atoms with Gasteiger partial charge in [0.25, 0.3) is 0 Å². The van der Waals surface area contributed by atoms with Gasteiger partial charge in [0.2, 0.25) is 0 Å². The van der Waals surface area contributed by atoms with E-state index in [1.807, 2.05) is 6.92 Å². The molecule has 0 atom stereocenters. The first-order valence-corrected chi connectivity index (χ1v) is 8.60. The van der Waals surface area contributed by atoms with Crippen LogP contribution in [0.5, 0.6) is 0 Å². The summed E-state index contributed by atoms with van der Waals surface area (Å²) in [6.07, 6.45) is 2.10. The highest BCUT2D eigenvalue weighted by Crippen LogP contribution is 2.23. The van der Waals surface area contributed by atoms with Crippen LogP contribution in [0.2, 0.25) is 18.1 Å². The molecule has 0 aromatic rings. The molecule has 3 nitrogen and oxygen atoms in total. The van der Waals surface area contributed by atoms with Gasteiger partial charge < -0.3 is 9.16 Å². The van der Waals surface area contributed by atoms with Gasteiger partial charge in [0, 0.05) is 12.7 Å². The average Bonchev–Trinajstić information content (AvgIpc) is 2.32. The summed E-state index contributed by atoms with van der Waals surface area (Å²) >= 11 is 0. The van der Waals surface area contributed by atoms with E-state index in [1.54, 1.807) is 0 Å². The van der Waals surface area contributed by atoms with Gasteiger partial charge in [-0.25, -0.2) is 4.79 Å². The van der Waals surface area contributed by atoms with Crippen molar-refractivity contribution in [1.29, 1.82) is 0 Å². The van der Waals surface area contributed by atoms with Gasteiger partial charge in [-0.05, 0) is 31.5 Å². The zero-order valence-electron chi connectivity index (χ0n) is 10.8. The third-order valence-corrected chi connectivity index (χ3v) is 7.67. The van der Waals surface area contributed by atoms with E-state index < -0.39 is 8.32 Å². The second kappa shape index (κ2) is 8.53. The van der Waals surface area contributed by atoms with E-state index in [2.05, 4.69) is 20.4 Å². The Bertz CT molecular complexity index is 212. The van der Waals surface area contributed by atoms with Crippen molar-refractivity contribution in [3.63, 3.8) is 0 Å². The van der Waals surface area contributed by atoms with Crippen LogP contribution in [0.15, 0.2) is 12.7 Å². The van der Waals surface area contributed by atoms with Crippen molar-refractivity contribution >= 4 is 14.3 Å². The van der Waals surface area contributed by atoms with E-state index in [1.165, 1.54) is 6.08 Å². The Morgan fingerprint density at radius 1 is 1.31 bits per heavy atom. The van der Waals surface area contributed by atoms with Crippen LogP contribution in [0.25, 0.3) is 0 Å². The molecule has 0 aliphatic carbocycles. The van der Waals surface area contributed by atoms with E-state index in [0.717, 1.165) is 31.2 Å². The summed E-state index contributed by atoms with van der Waals surface area (Å²) in [5, 5.41) is 0. The van der Waals surface area contributed by atoms with Crippen molar-refractivity contribution in [1.82, 2.24) is 0 Å². The van der Waals surface area contributed by atoms with Crippen molar-refractivity contribution in [2.75, 3.05) is 13.2 Å². The maximum atomic E-state index is 10.8. The number of esters is 1. The highest BCUT2D eigenvalue weighted by molar-refractivity contribution is 6.73. The molecule has 0 aromatic heterocycles. The number of ether oxygens (including phenoxy) is 1. The van der Waals surface area contributed by atoms with Gasteiger partial charge in [0.05, 0.1) is 6.61 Å². The van der Waals surface area contributed by atoms with Crippen molar-refractivity contribution in [2.45, 2.75) is 45.3 Å². The normalized spacial score (nSPS) is 11.2. The number of hydrogen-bond donors (Lipinski definition) is 0. The standard InChI is InChI=1S/C12H24O3Si/c1-5-12(13)14-10-9-11-16(7-3,8-4)15-6-2/h5H,1,6-11H2,2-4H3. The van der Waals surface area contributed by atoms with Crippen LogP contribution in [0.3, 0.4) is 0 Å². The molecular weight excluding hydrogens is 220 g/mol. The smallest absolute Gasteiger partial charge is 0.330 e. The summed E-state index contributed by atoms with van der Waals surface area (Å²) < 4.78 is 10.9. The number of rotatable bonds is 9. The van der Waals surface area contributed by atoms with Crippen molar-refractivity contribution in [3.05, 3.63) is 12.7 Å². The second-order valence-corrected chi connectivity index (χ2v) is 8.37. The maximum absolute atomic E-state index is 10.8. The summed E-state index contributed by atoms with van der Waals surface area (Å²) in [5.41, 5.74) is 0. The first-order chi connectivity index (χ1) is 7.64. The average molecular weight is 244 g/mol. The third-order valence-electron chi connectivity index (χ3n) is 2.93. The molecule has 0 aliphatic heterocycles. The van der Waals surface area contributed by atoms with E-state index >= 15 is 0 Å². The minimum atomic E-state index is -1.54. The number of carbonyl (C=O) groups is 1. The minimum absolute atomic E-state index is 0.336. The molecule has 16 heavy (non-hydrogen) atoms. The highest BCUT2D eigenvalue weighted by atomic mass is 28.4. The summed E-state index contributed by atoms with van der Waals surface area (Å²) in [4.78, 5) is 10.8. The molecule has 4 heteroatoms. The van der Waals surface area contributed by atoms with Gasteiger partial charge in [0.1, 0.15) is 0 Å². The summed E-state index contributed by atoms with van der Waals surface area (Å²) in [5.74, 6) is -0.336. The molecule has 94 valence electrons. The fourth-order valence-corrected chi connectivity index (χ4v) is 4.97. The zero-order chi connectivity index (χ0) is 12.4. The Kier molecular flexibility index (Phi) is 8.20. The predicted molar refractivity (Wildman–Crippen MR) is 68.9 cm³/mol. The Morgan fingerprint density at radius 3 is 2.38 bits per heavy atom.